The summed E-state index contributed by atoms with van der Waals surface area (Å²) in [5.74, 6) is 0.849. The van der Waals surface area contributed by atoms with Crippen LogP contribution in [0.5, 0.6) is 0 Å². The van der Waals surface area contributed by atoms with E-state index < -0.39 is 0 Å². The molecule has 3 heteroatoms. The molecule has 100 valence electrons. The highest BCUT2D eigenvalue weighted by molar-refractivity contribution is 5.64. The lowest BCUT2D eigenvalue weighted by Crippen LogP contribution is -2.26. The molecule has 0 saturated heterocycles. The fraction of sp³-hybridized carbons (Fsp3) is 0.438. The third kappa shape index (κ3) is 2.98. The smallest absolute Gasteiger partial charge is 0.0650 e. The first-order valence-corrected chi connectivity index (χ1v) is 7.17. The van der Waals surface area contributed by atoms with Crippen molar-refractivity contribution in [3.05, 3.63) is 36.5 Å². The van der Waals surface area contributed by atoms with Crippen molar-refractivity contribution in [3.8, 4) is 11.3 Å². The van der Waals surface area contributed by atoms with Gasteiger partial charge in [0.05, 0.1) is 5.69 Å². The molecule has 2 atom stereocenters. The van der Waals surface area contributed by atoms with Crippen LogP contribution in [-0.2, 0) is 0 Å². The fourth-order valence-corrected chi connectivity index (χ4v) is 2.99. The molecule has 1 aliphatic rings. The minimum Gasteiger partial charge on any atom is -0.382 e. The van der Waals surface area contributed by atoms with E-state index in [0.717, 1.165) is 11.6 Å². The van der Waals surface area contributed by atoms with Gasteiger partial charge in [-0.25, -0.2) is 0 Å². The number of aromatic nitrogens is 2. The molecule has 1 aromatic heterocycles. The van der Waals surface area contributed by atoms with Crippen molar-refractivity contribution in [3.63, 3.8) is 0 Å². The number of aromatic amines is 1. The number of anilines is 1. The third-order valence-electron chi connectivity index (χ3n) is 3.98. The normalized spacial score (nSPS) is 23.2. The predicted molar refractivity (Wildman–Crippen MR) is 79.1 cm³/mol. The minimum atomic E-state index is 0.626. The van der Waals surface area contributed by atoms with Crippen molar-refractivity contribution in [2.75, 3.05) is 5.32 Å². The molecule has 0 amide bonds. The molecule has 1 aliphatic carbocycles. The van der Waals surface area contributed by atoms with Gasteiger partial charge < -0.3 is 5.32 Å². The summed E-state index contributed by atoms with van der Waals surface area (Å²) in [4.78, 5) is 0. The Labute approximate surface area is 114 Å². The third-order valence-corrected chi connectivity index (χ3v) is 3.98. The van der Waals surface area contributed by atoms with Crippen molar-refractivity contribution < 1.29 is 0 Å². The zero-order valence-corrected chi connectivity index (χ0v) is 11.4. The summed E-state index contributed by atoms with van der Waals surface area (Å²) in [7, 11) is 0. The Bertz CT molecular complexity index is 519. The van der Waals surface area contributed by atoms with Crippen molar-refractivity contribution >= 4 is 5.69 Å². The van der Waals surface area contributed by atoms with Gasteiger partial charge in [-0.3, -0.25) is 5.10 Å². The quantitative estimate of drug-likeness (QED) is 0.868. The zero-order valence-electron chi connectivity index (χ0n) is 11.4. The molecule has 19 heavy (non-hydrogen) atoms. The van der Waals surface area contributed by atoms with Crippen LogP contribution < -0.4 is 5.32 Å². The van der Waals surface area contributed by atoms with Crippen LogP contribution in [0.1, 0.15) is 32.6 Å². The Morgan fingerprint density at radius 3 is 3.00 bits per heavy atom. The summed E-state index contributed by atoms with van der Waals surface area (Å²) in [6.45, 7) is 2.36. The van der Waals surface area contributed by atoms with E-state index in [9.17, 15) is 0 Å². The Morgan fingerprint density at radius 2 is 2.21 bits per heavy atom. The van der Waals surface area contributed by atoms with Gasteiger partial charge in [-0.2, -0.15) is 5.10 Å². The molecule has 0 radical (unpaired) electrons. The second-order valence-electron chi connectivity index (χ2n) is 5.66. The van der Waals surface area contributed by atoms with E-state index in [0.29, 0.717) is 6.04 Å². The summed E-state index contributed by atoms with van der Waals surface area (Å²) in [6.07, 6.45) is 7.09. The Morgan fingerprint density at radius 1 is 1.26 bits per heavy atom. The van der Waals surface area contributed by atoms with E-state index in [2.05, 4.69) is 46.7 Å². The first-order chi connectivity index (χ1) is 9.31. The van der Waals surface area contributed by atoms with Gasteiger partial charge in [0, 0.05) is 23.5 Å². The number of H-pyrrole nitrogens is 1. The van der Waals surface area contributed by atoms with Crippen LogP contribution in [0.15, 0.2) is 36.5 Å². The van der Waals surface area contributed by atoms with Crippen molar-refractivity contribution in [1.82, 2.24) is 10.2 Å². The monoisotopic (exact) mass is 255 g/mol. The second kappa shape index (κ2) is 5.47. The molecule has 2 unspecified atom stereocenters. The van der Waals surface area contributed by atoms with Crippen molar-refractivity contribution in [2.24, 2.45) is 5.92 Å². The van der Waals surface area contributed by atoms with Gasteiger partial charge in [0.2, 0.25) is 0 Å². The molecule has 1 saturated carbocycles. The van der Waals surface area contributed by atoms with Gasteiger partial charge in [0.1, 0.15) is 0 Å². The average Bonchev–Trinajstić information content (AvgIpc) is 2.93. The molecule has 2 N–H and O–H groups in total. The molecular weight excluding hydrogens is 234 g/mol. The van der Waals surface area contributed by atoms with E-state index in [1.54, 1.807) is 6.20 Å². The summed E-state index contributed by atoms with van der Waals surface area (Å²) in [5.41, 5.74) is 3.47. The average molecular weight is 255 g/mol. The molecule has 0 aliphatic heterocycles. The van der Waals surface area contributed by atoms with E-state index in [1.807, 2.05) is 6.07 Å². The van der Waals surface area contributed by atoms with Crippen LogP contribution >= 0.6 is 0 Å². The minimum absolute atomic E-state index is 0.626. The Balaban J connectivity index is 1.73. The van der Waals surface area contributed by atoms with Crippen LogP contribution in [0.4, 0.5) is 5.69 Å². The van der Waals surface area contributed by atoms with Crippen molar-refractivity contribution in [2.45, 2.75) is 38.6 Å². The summed E-state index contributed by atoms with van der Waals surface area (Å²) in [6, 6.07) is 11.2. The Kier molecular flexibility index (Phi) is 3.53. The molecule has 0 bridgehead atoms. The van der Waals surface area contributed by atoms with Gasteiger partial charge in [-0.05, 0) is 37.0 Å². The number of rotatable bonds is 3. The predicted octanol–water partition coefficient (Wildman–Crippen LogP) is 4.07. The lowest BCUT2D eigenvalue weighted by molar-refractivity contribution is 0.358. The number of benzene rings is 1. The number of nitrogens with one attached hydrogen (secondary N) is 2. The first-order valence-electron chi connectivity index (χ1n) is 7.17. The SMILES string of the molecule is CC1CCCC(Nc2cccc(-c3ccn[nH]3)c2)C1. The maximum Gasteiger partial charge on any atom is 0.0650 e. The van der Waals surface area contributed by atoms with Gasteiger partial charge in [0.25, 0.3) is 0 Å². The van der Waals surface area contributed by atoms with Crippen LogP contribution in [0, 0.1) is 5.92 Å². The maximum atomic E-state index is 4.01. The molecule has 3 nitrogen and oxygen atoms in total. The van der Waals surface area contributed by atoms with Crippen LogP contribution in [0.25, 0.3) is 11.3 Å². The van der Waals surface area contributed by atoms with Crippen LogP contribution in [-0.4, -0.2) is 16.2 Å². The molecule has 1 heterocycles. The maximum absolute atomic E-state index is 4.01. The zero-order chi connectivity index (χ0) is 13.1. The number of hydrogen-bond acceptors (Lipinski definition) is 2. The highest BCUT2D eigenvalue weighted by Crippen LogP contribution is 2.27. The van der Waals surface area contributed by atoms with E-state index >= 15 is 0 Å². The summed E-state index contributed by atoms with van der Waals surface area (Å²) in [5, 5.41) is 10.7. The lowest BCUT2D eigenvalue weighted by atomic mass is 9.87. The molecule has 1 fully saturated rings. The van der Waals surface area contributed by atoms with Crippen LogP contribution in [0.3, 0.4) is 0 Å². The molecule has 3 rings (SSSR count). The molecular formula is C16H21N3. The molecule has 1 aromatic carbocycles. The van der Waals surface area contributed by atoms with E-state index in [4.69, 9.17) is 0 Å². The number of hydrogen-bond donors (Lipinski definition) is 2. The van der Waals surface area contributed by atoms with Gasteiger partial charge >= 0.3 is 0 Å². The lowest BCUT2D eigenvalue weighted by Gasteiger charge is -2.28. The Hall–Kier alpha value is -1.77. The summed E-state index contributed by atoms with van der Waals surface area (Å²) >= 11 is 0. The van der Waals surface area contributed by atoms with Crippen molar-refractivity contribution in [1.29, 1.82) is 0 Å². The number of nitrogens with zero attached hydrogens (tertiary/aromatic N) is 1. The van der Waals surface area contributed by atoms with E-state index in [-0.39, 0.29) is 0 Å². The standard InChI is InChI=1S/C16H21N3/c1-12-4-2-6-14(10-12)18-15-7-3-5-13(11-15)16-8-9-17-19-16/h3,5,7-9,11-12,14,18H,2,4,6,10H2,1H3,(H,17,19). The van der Waals surface area contributed by atoms with Gasteiger partial charge in [0.15, 0.2) is 0 Å². The highest BCUT2D eigenvalue weighted by Gasteiger charge is 2.18. The molecule has 0 spiro atoms. The topological polar surface area (TPSA) is 40.7 Å². The second-order valence-corrected chi connectivity index (χ2v) is 5.66. The van der Waals surface area contributed by atoms with Gasteiger partial charge in [-0.15, -0.1) is 0 Å². The largest absolute Gasteiger partial charge is 0.382 e. The molecule has 2 aromatic rings. The first kappa shape index (κ1) is 12.3. The van der Waals surface area contributed by atoms with E-state index in [1.165, 1.54) is 36.9 Å². The fourth-order valence-electron chi connectivity index (χ4n) is 2.99. The van der Waals surface area contributed by atoms with Gasteiger partial charge in [-0.1, -0.05) is 31.9 Å². The highest BCUT2D eigenvalue weighted by atomic mass is 15.1. The summed E-state index contributed by atoms with van der Waals surface area (Å²) < 4.78 is 0. The van der Waals surface area contributed by atoms with Crippen LogP contribution in [0.2, 0.25) is 0 Å².